The number of amides is 1. The van der Waals surface area contributed by atoms with Crippen molar-refractivity contribution in [1.29, 1.82) is 0 Å². The van der Waals surface area contributed by atoms with Crippen LogP contribution in [0, 0.1) is 6.92 Å². The Kier molecular flexibility index (Phi) is 2.78. The van der Waals surface area contributed by atoms with E-state index in [1.54, 1.807) is 26.1 Å². The zero-order chi connectivity index (χ0) is 12.4. The highest BCUT2D eigenvalue weighted by atomic mass is 16.3. The standard InChI is InChI=1S/C11H12N4O2/c1-6-8(10(16)13-2)9(15-11(12)14-6)7-4-3-5-17-7/h3-5H,1-2H3,(H,13,16)(H2,12,14,15). The lowest BCUT2D eigenvalue weighted by Crippen LogP contribution is -2.21. The number of carbonyl (C=O) groups excluding carboxylic acids is 1. The van der Waals surface area contributed by atoms with Crippen LogP contribution in [0.5, 0.6) is 0 Å². The number of hydrogen-bond acceptors (Lipinski definition) is 5. The molecule has 2 heterocycles. The number of anilines is 1. The summed E-state index contributed by atoms with van der Waals surface area (Å²) in [6, 6.07) is 3.43. The molecule has 88 valence electrons. The predicted molar refractivity (Wildman–Crippen MR) is 62.3 cm³/mol. The van der Waals surface area contributed by atoms with Gasteiger partial charge in [-0.15, -0.1) is 0 Å². The van der Waals surface area contributed by atoms with Crippen LogP contribution in [0.25, 0.3) is 11.5 Å². The van der Waals surface area contributed by atoms with Crippen molar-refractivity contribution in [2.45, 2.75) is 6.92 Å². The first-order valence-electron chi connectivity index (χ1n) is 5.03. The van der Waals surface area contributed by atoms with E-state index < -0.39 is 0 Å². The molecule has 3 N–H and O–H groups in total. The van der Waals surface area contributed by atoms with Crippen LogP contribution in [0.1, 0.15) is 16.1 Å². The zero-order valence-electron chi connectivity index (χ0n) is 9.52. The minimum atomic E-state index is -0.270. The van der Waals surface area contributed by atoms with Crippen LogP contribution in [-0.4, -0.2) is 22.9 Å². The van der Waals surface area contributed by atoms with E-state index in [1.165, 1.54) is 6.26 Å². The Bertz CT molecular complexity index is 549. The molecule has 0 aliphatic rings. The number of nitrogens with one attached hydrogen (secondary N) is 1. The molecule has 0 aliphatic carbocycles. The van der Waals surface area contributed by atoms with Gasteiger partial charge in [-0.1, -0.05) is 0 Å². The van der Waals surface area contributed by atoms with Crippen molar-refractivity contribution in [2.75, 3.05) is 12.8 Å². The van der Waals surface area contributed by atoms with Gasteiger partial charge >= 0.3 is 0 Å². The third-order valence-corrected chi connectivity index (χ3v) is 2.32. The highest BCUT2D eigenvalue weighted by Gasteiger charge is 2.19. The van der Waals surface area contributed by atoms with Crippen molar-refractivity contribution >= 4 is 11.9 Å². The Hall–Kier alpha value is -2.37. The molecule has 0 fully saturated rings. The fourth-order valence-electron chi connectivity index (χ4n) is 1.58. The van der Waals surface area contributed by atoms with E-state index in [0.29, 0.717) is 22.7 Å². The molecule has 6 nitrogen and oxygen atoms in total. The monoisotopic (exact) mass is 232 g/mol. The fraction of sp³-hybridized carbons (Fsp3) is 0.182. The van der Waals surface area contributed by atoms with Crippen LogP contribution < -0.4 is 11.1 Å². The van der Waals surface area contributed by atoms with Gasteiger partial charge in [-0.25, -0.2) is 9.97 Å². The number of aromatic nitrogens is 2. The van der Waals surface area contributed by atoms with Gasteiger partial charge in [0, 0.05) is 7.05 Å². The largest absolute Gasteiger partial charge is 0.463 e. The summed E-state index contributed by atoms with van der Waals surface area (Å²) < 4.78 is 5.24. The van der Waals surface area contributed by atoms with Crippen LogP contribution in [-0.2, 0) is 0 Å². The molecular weight excluding hydrogens is 220 g/mol. The maximum Gasteiger partial charge on any atom is 0.255 e. The second-order valence-electron chi connectivity index (χ2n) is 3.45. The van der Waals surface area contributed by atoms with E-state index in [9.17, 15) is 4.79 Å². The minimum absolute atomic E-state index is 0.113. The number of carbonyl (C=O) groups is 1. The summed E-state index contributed by atoms with van der Waals surface area (Å²) in [5.41, 5.74) is 6.87. The molecule has 0 atom stereocenters. The van der Waals surface area contributed by atoms with Gasteiger partial charge in [0.05, 0.1) is 17.5 Å². The fourth-order valence-corrected chi connectivity index (χ4v) is 1.58. The van der Waals surface area contributed by atoms with Crippen molar-refractivity contribution in [3.63, 3.8) is 0 Å². The van der Waals surface area contributed by atoms with Crippen LogP contribution >= 0.6 is 0 Å². The molecule has 0 radical (unpaired) electrons. The summed E-state index contributed by atoms with van der Waals surface area (Å²) in [7, 11) is 1.55. The number of aryl methyl sites for hydroxylation is 1. The summed E-state index contributed by atoms with van der Waals surface area (Å²) in [6.07, 6.45) is 1.51. The molecule has 1 amide bonds. The van der Waals surface area contributed by atoms with Crippen LogP contribution in [0.4, 0.5) is 5.95 Å². The molecule has 0 saturated heterocycles. The Morgan fingerprint density at radius 1 is 1.47 bits per heavy atom. The van der Waals surface area contributed by atoms with E-state index in [4.69, 9.17) is 10.2 Å². The van der Waals surface area contributed by atoms with E-state index in [1.807, 2.05) is 0 Å². The Morgan fingerprint density at radius 2 is 2.24 bits per heavy atom. The average molecular weight is 232 g/mol. The number of nitrogens with zero attached hydrogens (tertiary/aromatic N) is 2. The minimum Gasteiger partial charge on any atom is -0.463 e. The maximum absolute atomic E-state index is 11.8. The molecule has 6 heteroatoms. The van der Waals surface area contributed by atoms with E-state index >= 15 is 0 Å². The number of furan rings is 1. The molecule has 0 unspecified atom stereocenters. The normalized spacial score (nSPS) is 10.2. The third-order valence-electron chi connectivity index (χ3n) is 2.32. The highest BCUT2D eigenvalue weighted by molar-refractivity contribution is 6.00. The van der Waals surface area contributed by atoms with Crippen LogP contribution in [0.2, 0.25) is 0 Å². The van der Waals surface area contributed by atoms with Crippen LogP contribution in [0.3, 0.4) is 0 Å². The summed E-state index contributed by atoms with van der Waals surface area (Å²) in [5.74, 6) is 0.330. The summed E-state index contributed by atoms with van der Waals surface area (Å²) in [6.45, 7) is 1.70. The molecule has 0 aliphatic heterocycles. The van der Waals surface area contributed by atoms with Gasteiger partial charge in [0.25, 0.3) is 5.91 Å². The van der Waals surface area contributed by atoms with Gasteiger partial charge in [0.2, 0.25) is 5.95 Å². The SMILES string of the molecule is CNC(=O)c1c(C)nc(N)nc1-c1ccco1. The van der Waals surface area contributed by atoms with Crippen molar-refractivity contribution in [3.05, 3.63) is 29.7 Å². The molecule has 2 aromatic heterocycles. The van der Waals surface area contributed by atoms with Crippen molar-refractivity contribution in [3.8, 4) is 11.5 Å². The van der Waals surface area contributed by atoms with Gasteiger partial charge < -0.3 is 15.5 Å². The summed E-state index contributed by atoms with van der Waals surface area (Å²) >= 11 is 0. The number of hydrogen-bond donors (Lipinski definition) is 2. The molecule has 2 aromatic rings. The molecule has 2 rings (SSSR count). The van der Waals surface area contributed by atoms with Gasteiger partial charge in [0.15, 0.2) is 5.76 Å². The number of nitrogen functional groups attached to an aromatic ring is 1. The van der Waals surface area contributed by atoms with Crippen molar-refractivity contribution in [2.24, 2.45) is 0 Å². The smallest absolute Gasteiger partial charge is 0.255 e. The average Bonchev–Trinajstić information content (AvgIpc) is 2.80. The molecular formula is C11H12N4O2. The Labute approximate surface area is 97.9 Å². The van der Waals surface area contributed by atoms with Crippen molar-refractivity contribution in [1.82, 2.24) is 15.3 Å². The Morgan fingerprint density at radius 3 is 2.82 bits per heavy atom. The predicted octanol–water partition coefficient (Wildman–Crippen LogP) is 0.987. The first kappa shape index (κ1) is 11.1. The second-order valence-corrected chi connectivity index (χ2v) is 3.45. The number of rotatable bonds is 2. The van der Waals surface area contributed by atoms with Gasteiger partial charge in [-0.05, 0) is 19.1 Å². The quantitative estimate of drug-likeness (QED) is 0.805. The van der Waals surface area contributed by atoms with E-state index in [0.717, 1.165) is 0 Å². The first-order valence-corrected chi connectivity index (χ1v) is 5.03. The summed E-state index contributed by atoms with van der Waals surface area (Å²) in [5, 5.41) is 2.54. The lowest BCUT2D eigenvalue weighted by molar-refractivity contribution is 0.0962. The van der Waals surface area contributed by atoms with Gasteiger partial charge in [0.1, 0.15) is 5.69 Å². The van der Waals surface area contributed by atoms with Crippen molar-refractivity contribution < 1.29 is 9.21 Å². The van der Waals surface area contributed by atoms with E-state index in [-0.39, 0.29) is 11.9 Å². The van der Waals surface area contributed by atoms with E-state index in [2.05, 4.69) is 15.3 Å². The van der Waals surface area contributed by atoms with Gasteiger partial charge in [-0.2, -0.15) is 0 Å². The lowest BCUT2D eigenvalue weighted by atomic mass is 10.1. The third kappa shape index (κ3) is 1.96. The Balaban J connectivity index is 2.68. The first-order chi connectivity index (χ1) is 8.13. The number of nitrogens with two attached hydrogens (primary N) is 1. The topological polar surface area (TPSA) is 94.0 Å². The molecule has 0 spiro atoms. The van der Waals surface area contributed by atoms with Crippen LogP contribution in [0.15, 0.2) is 22.8 Å². The molecule has 0 bridgehead atoms. The second kappa shape index (κ2) is 4.25. The maximum atomic E-state index is 11.8. The molecule has 17 heavy (non-hydrogen) atoms. The zero-order valence-corrected chi connectivity index (χ0v) is 9.52. The van der Waals surface area contributed by atoms with Gasteiger partial charge in [-0.3, -0.25) is 4.79 Å². The molecule has 0 saturated carbocycles. The summed E-state index contributed by atoms with van der Waals surface area (Å²) in [4.78, 5) is 19.8. The highest BCUT2D eigenvalue weighted by Crippen LogP contribution is 2.24. The lowest BCUT2D eigenvalue weighted by Gasteiger charge is -2.08. The molecule has 0 aromatic carbocycles.